The molecule has 0 aliphatic carbocycles. The van der Waals surface area contributed by atoms with E-state index in [1.165, 1.54) is 0 Å². The highest BCUT2D eigenvalue weighted by Crippen LogP contribution is 2.39. The summed E-state index contributed by atoms with van der Waals surface area (Å²) in [5.41, 5.74) is 2.02. The molecule has 0 unspecified atom stereocenters. The number of nitrogens with zero attached hydrogens (tertiary/aromatic N) is 2. The Kier molecular flexibility index (Phi) is 2.12. The van der Waals surface area contributed by atoms with Crippen LogP contribution in [0.15, 0.2) is 24.3 Å². The van der Waals surface area contributed by atoms with Crippen molar-refractivity contribution in [2.45, 2.75) is 13.0 Å². The van der Waals surface area contributed by atoms with Gasteiger partial charge in [0.1, 0.15) is 17.4 Å². The molecule has 4 heteroatoms. The lowest BCUT2D eigenvalue weighted by atomic mass is 10.1. The standard InChI is InChI=1S/C12H8N2OS/c13-6-5-11-14-12-8-3-1-2-4-9(8)15-7-10(12)16-11/h1-4H,5,7H2. The van der Waals surface area contributed by atoms with Gasteiger partial charge in [0.05, 0.1) is 23.1 Å². The van der Waals surface area contributed by atoms with E-state index in [2.05, 4.69) is 11.1 Å². The Bertz CT molecular complexity index is 583. The van der Waals surface area contributed by atoms with Gasteiger partial charge in [-0.05, 0) is 12.1 Å². The Morgan fingerprint density at radius 3 is 3.19 bits per heavy atom. The first kappa shape index (κ1) is 9.37. The number of nitriles is 1. The summed E-state index contributed by atoms with van der Waals surface area (Å²) in [5.74, 6) is 0.879. The molecule has 0 spiro atoms. The lowest BCUT2D eigenvalue weighted by Gasteiger charge is -2.15. The van der Waals surface area contributed by atoms with Gasteiger partial charge >= 0.3 is 0 Å². The van der Waals surface area contributed by atoms with E-state index in [-0.39, 0.29) is 0 Å². The molecule has 2 aromatic rings. The first-order valence-electron chi connectivity index (χ1n) is 4.96. The third-order valence-corrected chi connectivity index (χ3v) is 3.50. The maximum atomic E-state index is 8.66. The van der Waals surface area contributed by atoms with Gasteiger partial charge in [0.2, 0.25) is 0 Å². The van der Waals surface area contributed by atoms with E-state index in [9.17, 15) is 0 Å². The Labute approximate surface area is 96.9 Å². The summed E-state index contributed by atoms with van der Waals surface area (Å²) in [4.78, 5) is 5.61. The van der Waals surface area contributed by atoms with E-state index >= 15 is 0 Å². The number of benzene rings is 1. The van der Waals surface area contributed by atoms with Crippen LogP contribution in [0.3, 0.4) is 0 Å². The lowest BCUT2D eigenvalue weighted by molar-refractivity contribution is 0.305. The molecule has 0 atom stereocenters. The Balaban J connectivity index is 2.14. The molecule has 1 aromatic carbocycles. The third-order valence-electron chi connectivity index (χ3n) is 2.47. The normalized spacial score (nSPS) is 12.2. The average Bonchev–Trinajstić information content (AvgIpc) is 2.72. The molecule has 0 amide bonds. The Morgan fingerprint density at radius 1 is 1.44 bits per heavy atom. The van der Waals surface area contributed by atoms with E-state index in [0.717, 1.165) is 26.9 Å². The van der Waals surface area contributed by atoms with Gasteiger partial charge in [-0.3, -0.25) is 0 Å². The van der Waals surface area contributed by atoms with E-state index in [0.29, 0.717) is 13.0 Å². The highest BCUT2D eigenvalue weighted by molar-refractivity contribution is 7.12. The van der Waals surface area contributed by atoms with E-state index in [1.807, 2.05) is 24.3 Å². The minimum Gasteiger partial charge on any atom is -0.487 e. The zero-order valence-corrected chi connectivity index (χ0v) is 9.25. The highest BCUT2D eigenvalue weighted by Gasteiger charge is 2.21. The number of hydrogen-bond donors (Lipinski definition) is 0. The van der Waals surface area contributed by atoms with Crippen molar-refractivity contribution >= 4 is 11.3 Å². The molecule has 0 N–H and O–H groups in total. The van der Waals surface area contributed by atoms with Gasteiger partial charge in [0.15, 0.2) is 0 Å². The zero-order chi connectivity index (χ0) is 11.0. The van der Waals surface area contributed by atoms with Crippen LogP contribution in [-0.4, -0.2) is 4.98 Å². The van der Waals surface area contributed by atoms with Crippen LogP contribution >= 0.6 is 11.3 Å². The van der Waals surface area contributed by atoms with Gasteiger partial charge in [-0.15, -0.1) is 11.3 Å². The predicted molar refractivity (Wildman–Crippen MR) is 61.2 cm³/mol. The molecule has 16 heavy (non-hydrogen) atoms. The van der Waals surface area contributed by atoms with Crippen molar-refractivity contribution in [1.29, 1.82) is 5.26 Å². The third kappa shape index (κ3) is 1.37. The zero-order valence-electron chi connectivity index (χ0n) is 8.43. The SMILES string of the molecule is N#CCc1nc2c(s1)COc1ccccc1-2. The molecular formula is C12H8N2OS. The van der Waals surface area contributed by atoms with E-state index in [1.54, 1.807) is 11.3 Å². The largest absolute Gasteiger partial charge is 0.487 e. The maximum absolute atomic E-state index is 8.66. The minimum absolute atomic E-state index is 0.375. The second-order valence-corrected chi connectivity index (χ2v) is 4.67. The second-order valence-electron chi connectivity index (χ2n) is 3.50. The van der Waals surface area contributed by atoms with Crippen LogP contribution in [0, 0.1) is 11.3 Å². The fraction of sp³-hybridized carbons (Fsp3) is 0.167. The highest BCUT2D eigenvalue weighted by atomic mass is 32.1. The summed E-state index contributed by atoms with van der Waals surface area (Å²) < 4.78 is 5.63. The summed E-state index contributed by atoms with van der Waals surface area (Å²) in [6.45, 7) is 0.565. The van der Waals surface area contributed by atoms with Crippen LogP contribution in [0.25, 0.3) is 11.3 Å². The quantitative estimate of drug-likeness (QED) is 0.754. The van der Waals surface area contributed by atoms with Crippen molar-refractivity contribution < 1.29 is 4.74 Å². The lowest BCUT2D eigenvalue weighted by Crippen LogP contribution is -2.02. The van der Waals surface area contributed by atoms with Crippen LogP contribution in [0.5, 0.6) is 5.75 Å². The Morgan fingerprint density at radius 2 is 2.31 bits per heavy atom. The summed E-state index contributed by atoms with van der Waals surface area (Å²) in [6.07, 6.45) is 0.375. The predicted octanol–water partition coefficient (Wildman–Crippen LogP) is 2.77. The number of thiazole rings is 1. The molecule has 1 aliphatic rings. The second kappa shape index (κ2) is 3.62. The fourth-order valence-corrected chi connectivity index (χ4v) is 2.71. The van der Waals surface area contributed by atoms with Gasteiger partial charge in [0.25, 0.3) is 0 Å². The van der Waals surface area contributed by atoms with Crippen molar-refractivity contribution in [2.24, 2.45) is 0 Å². The van der Waals surface area contributed by atoms with Crippen LogP contribution in [0.4, 0.5) is 0 Å². The topological polar surface area (TPSA) is 45.9 Å². The van der Waals surface area contributed by atoms with Crippen LogP contribution in [-0.2, 0) is 13.0 Å². The number of para-hydroxylation sites is 1. The smallest absolute Gasteiger partial charge is 0.129 e. The van der Waals surface area contributed by atoms with Gasteiger partial charge in [0, 0.05) is 5.56 Å². The van der Waals surface area contributed by atoms with Crippen molar-refractivity contribution in [2.75, 3.05) is 0 Å². The van der Waals surface area contributed by atoms with Crippen LogP contribution < -0.4 is 4.74 Å². The molecule has 0 saturated carbocycles. The molecule has 0 fully saturated rings. The summed E-state index contributed by atoms with van der Waals surface area (Å²) in [6, 6.07) is 10.00. The van der Waals surface area contributed by atoms with Gasteiger partial charge in [-0.2, -0.15) is 5.26 Å². The van der Waals surface area contributed by atoms with Gasteiger partial charge in [-0.1, -0.05) is 12.1 Å². The fourth-order valence-electron chi connectivity index (χ4n) is 1.78. The number of hydrogen-bond acceptors (Lipinski definition) is 4. The monoisotopic (exact) mass is 228 g/mol. The molecule has 0 radical (unpaired) electrons. The van der Waals surface area contributed by atoms with Crippen molar-refractivity contribution in [3.8, 4) is 23.1 Å². The maximum Gasteiger partial charge on any atom is 0.129 e. The van der Waals surface area contributed by atoms with Crippen molar-refractivity contribution in [3.63, 3.8) is 0 Å². The molecule has 78 valence electrons. The van der Waals surface area contributed by atoms with E-state index in [4.69, 9.17) is 10.00 Å². The molecule has 1 aromatic heterocycles. The Hall–Kier alpha value is -1.86. The molecule has 0 saturated heterocycles. The molecule has 1 aliphatic heterocycles. The molecule has 0 bridgehead atoms. The summed E-state index contributed by atoms with van der Waals surface area (Å²) in [7, 11) is 0. The first-order chi connectivity index (χ1) is 7.88. The van der Waals surface area contributed by atoms with E-state index < -0.39 is 0 Å². The van der Waals surface area contributed by atoms with Crippen molar-refractivity contribution in [1.82, 2.24) is 4.98 Å². The number of fused-ring (bicyclic) bond motifs is 3. The minimum atomic E-state index is 0.375. The first-order valence-corrected chi connectivity index (χ1v) is 5.78. The number of aromatic nitrogens is 1. The average molecular weight is 228 g/mol. The molecule has 2 heterocycles. The van der Waals surface area contributed by atoms with Gasteiger partial charge in [-0.25, -0.2) is 4.98 Å². The summed E-state index contributed by atoms with van der Waals surface area (Å²) >= 11 is 1.56. The van der Waals surface area contributed by atoms with Crippen LogP contribution in [0.1, 0.15) is 9.88 Å². The van der Waals surface area contributed by atoms with Crippen molar-refractivity contribution in [3.05, 3.63) is 34.2 Å². The molecule has 3 rings (SSSR count). The number of ether oxygens (including phenoxy) is 1. The van der Waals surface area contributed by atoms with Gasteiger partial charge < -0.3 is 4.74 Å². The summed E-state index contributed by atoms with van der Waals surface area (Å²) in [5, 5.41) is 9.53. The van der Waals surface area contributed by atoms with Crippen LogP contribution in [0.2, 0.25) is 0 Å². The molecular weight excluding hydrogens is 220 g/mol. The number of rotatable bonds is 1. The molecule has 3 nitrogen and oxygen atoms in total.